The molecule has 5 nitrogen and oxygen atoms in total. The van der Waals surface area contributed by atoms with Crippen LogP contribution in [0.15, 0.2) is 23.1 Å². The van der Waals surface area contributed by atoms with E-state index in [1.54, 1.807) is 6.92 Å². The molecule has 0 aliphatic carbocycles. The fourth-order valence-corrected chi connectivity index (χ4v) is 2.12. The summed E-state index contributed by atoms with van der Waals surface area (Å²) < 4.78 is 22.4. The molecule has 19 heavy (non-hydrogen) atoms. The Morgan fingerprint density at radius 3 is 2.26 bits per heavy atom. The van der Waals surface area contributed by atoms with Gasteiger partial charge in [0.1, 0.15) is 0 Å². The fourth-order valence-electron chi connectivity index (χ4n) is 1.52. The van der Waals surface area contributed by atoms with Crippen LogP contribution in [0.3, 0.4) is 0 Å². The third-order valence-electron chi connectivity index (χ3n) is 3.13. The van der Waals surface area contributed by atoms with Crippen LogP contribution < -0.4 is 10.5 Å². The summed E-state index contributed by atoms with van der Waals surface area (Å²) in [4.78, 5) is 12.1. The van der Waals surface area contributed by atoms with Gasteiger partial charge in [-0.15, -0.1) is 0 Å². The molecule has 1 amide bonds. The minimum Gasteiger partial charge on any atom is -0.349 e. The normalized spacial score (nSPS) is 13.4. The average Bonchev–Trinajstić information content (AvgIpc) is 2.27. The second kappa shape index (κ2) is 5.71. The van der Waals surface area contributed by atoms with Crippen LogP contribution in [0.5, 0.6) is 0 Å². The molecule has 0 aliphatic rings. The third-order valence-corrected chi connectivity index (χ3v) is 4.04. The van der Waals surface area contributed by atoms with Crippen LogP contribution in [0, 0.1) is 12.8 Å². The number of benzene rings is 1. The van der Waals surface area contributed by atoms with E-state index in [1.807, 2.05) is 20.8 Å². The van der Waals surface area contributed by atoms with E-state index in [2.05, 4.69) is 5.32 Å². The van der Waals surface area contributed by atoms with E-state index in [-0.39, 0.29) is 16.8 Å². The van der Waals surface area contributed by atoms with Crippen LogP contribution in [0.4, 0.5) is 0 Å². The molecule has 1 rings (SSSR count). The van der Waals surface area contributed by atoms with Crippen LogP contribution in [-0.2, 0) is 10.0 Å². The van der Waals surface area contributed by atoms with E-state index in [0.717, 1.165) is 0 Å². The maximum atomic E-state index is 12.0. The van der Waals surface area contributed by atoms with Gasteiger partial charge in [0.25, 0.3) is 5.91 Å². The van der Waals surface area contributed by atoms with Crippen molar-refractivity contribution < 1.29 is 13.2 Å². The van der Waals surface area contributed by atoms with Crippen molar-refractivity contribution in [2.45, 2.75) is 38.6 Å². The number of carbonyl (C=O) groups is 1. The van der Waals surface area contributed by atoms with Gasteiger partial charge in [-0.1, -0.05) is 13.8 Å². The minimum absolute atomic E-state index is 0.0125. The molecule has 0 saturated heterocycles. The lowest BCUT2D eigenvalue weighted by Gasteiger charge is -2.18. The maximum absolute atomic E-state index is 12.0. The number of nitrogens with two attached hydrogens (primary N) is 1. The molecule has 1 atom stereocenters. The predicted octanol–water partition coefficient (Wildman–Crippen LogP) is 1.42. The van der Waals surface area contributed by atoms with Crippen molar-refractivity contribution in [3.8, 4) is 0 Å². The highest BCUT2D eigenvalue weighted by atomic mass is 32.2. The van der Waals surface area contributed by atoms with Gasteiger partial charge in [0.05, 0.1) is 4.90 Å². The Morgan fingerprint density at radius 1 is 1.26 bits per heavy atom. The van der Waals surface area contributed by atoms with Crippen LogP contribution in [0.25, 0.3) is 0 Å². The van der Waals surface area contributed by atoms with E-state index >= 15 is 0 Å². The second-order valence-electron chi connectivity index (χ2n) is 5.03. The molecule has 0 fully saturated rings. The molecule has 6 heteroatoms. The summed E-state index contributed by atoms with van der Waals surface area (Å²) in [6.07, 6.45) is 0. The lowest BCUT2D eigenvalue weighted by atomic mass is 10.0. The standard InChI is InChI=1S/C13H20N2O3S/c1-8(2)10(4)15-13(16)12-6-5-11(7-9(12)3)19(14,17)18/h5-8,10H,1-4H3,(H,15,16)(H2,14,17,18). The topological polar surface area (TPSA) is 89.3 Å². The Kier molecular flexibility index (Phi) is 4.70. The number of aryl methyl sites for hydroxylation is 1. The molecule has 1 aromatic carbocycles. The molecule has 1 unspecified atom stereocenters. The number of amides is 1. The first kappa shape index (κ1) is 15.7. The number of rotatable bonds is 4. The van der Waals surface area contributed by atoms with Crippen LogP contribution in [-0.4, -0.2) is 20.4 Å². The summed E-state index contributed by atoms with van der Waals surface area (Å²) in [6, 6.07) is 4.28. The van der Waals surface area contributed by atoms with Gasteiger partial charge in [0.2, 0.25) is 10.0 Å². The smallest absolute Gasteiger partial charge is 0.251 e. The van der Waals surface area contributed by atoms with E-state index in [1.165, 1.54) is 18.2 Å². The van der Waals surface area contributed by atoms with Crippen molar-refractivity contribution >= 4 is 15.9 Å². The van der Waals surface area contributed by atoms with Gasteiger partial charge in [-0.25, -0.2) is 13.6 Å². The molecular formula is C13H20N2O3S. The Bertz CT molecular complexity index is 580. The first-order valence-electron chi connectivity index (χ1n) is 6.07. The number of hydrogen-bond acceptors (Lipinski definition) is 3. The van der Waals surface area contributed by atoms with Gasteiger partial charge in [0, 0.05) is 11.6 Å². The van der Waals surface area contributed by atoms with Gasteiger partial charge in [0.15, 0.2) is 0 Å². The van der Waals surface area contributed by atoms with E-state index in [4.69, 9.17) is 5.14 Å². The van der Waals surface area contributed by atoms with Crippen molar-refractivity contribution in [2.24, 2.45) is 11.1 Å². The summed E-state index contributed by atoms with van der Waals surface area (Å²) in [5.74, 6) is 0.118. The van der Waals surface area contributed by atoms with Crippen molar-refractivity contribution in [3.05, 3.63) is 29.3 Å². The number of carbonyl (C=O) groups excluding carboxylic acids is 1. The Hall–Kier alpha value is -1.40. The van der Waals surface area contributed by atoms with Crippen molar-refractivity contribution in [1.29, 1.82) is 0 Å². The zero-order chi connectivity index (χ0) is 14.8. The fraction of sp³-hybridized carbons (Fsp3) is 0.462. The number of nitrogens with one attached hydrogen (secondary N) is 1. The van der Waals surface area contributed by atoms with Crippen LogP contribution >= 0.6 is 0 Å². The average molecular weight is 284 g/mol. The third kappa shape index (κ3) is 4.04. The SMILES string of the molecule is Cc1cc(S(N)(=O)=O)ccc1C(=O)NC(C)C(C)C. The lowest BCUT2D eigenvalue weighted by Crippen LogP contribution is -2.36. The van der Waals surface area contributed by atoms with Gasteiger partial charge in [-0.3, -0.25) is 4.79 Å². The maximum Gasteiger partial charge on any atom is 0.251 e. The second-order valence-corrected chi connectivity index (χ2v) is 6.59. The molecule has 0 radical (unpaired) electrons. The summed E-state index contributed by atoms with van der Waals surface area (Å²) >= 11 is 0. The molecule has 0 aromatic heterocycles. The number of hydrogen-bond donors (Lipinski definition) is 2. The molecule has 0 saturated carbocycles. The zero-order valence-electron chi connectivity index (χ0n) is 11.6. The van der Waals surface area contributed by atoms with Crippen LogP contribution in [0.1, 0.15) is 36.7 Å². The minimum atomic E-state index is -3.74. The molecule has 0 aliphatic heterocycles. The Balaban J connectivity index is 3.01. The molecule has 0 spiro atoms. The Labute approximate surface area is 114 Å². The molecule has 0 bridgehead atoms. The van der Waals surface area contributed by atoms with E-state index in [0.29, 0.717) is 17.0 Å². The highest BCUT2D eigenvalue weighted by molar-refractivity contribution is 7.89. The lowest BCUT2D eigenvalue weighted by molar-refractivity contribution is 0.0930. The largest absolute Gasteiger partial charge is 0.349 e. The highest BCUT2D eigenvalue weighted by Crippen LogP contribution is 2.15. The molecular weight excluding hydrogens is 264 g/mol. The first-order valence-corrected chi connectivity index (χ1v) is 7.62. The van der Waals surface area contributed by atoms with Gasteiger partial charge >= 0.3 is 0 Å². The monoisotopic (exact) mass is 284 g/mol. The number of sulfonamides is 1. The van der Waals surface area contributed by atoms with Gasteiger partial charge < -0.3 is 5.32 Å². The zero-order valence-corrected chi connectivity index (χ0v) is 12.4. The number of primary sulfonamides is 1. The van der Waals surface area contributed by atoms with Crippen molar-refractivity contribution in [1.82, 2.24) is 5.32 Å². The quantitative estimate of drug-likeness (QED) is 0.876. The summed E-state index contributed by atoms with van der Waals surface area (Å²) in [6.45, 7) is 7.64. The molecule has 1 aromatic rings. The molecule has 106 valence electrons. The van der Waals surface area contributed by atoms with Crippen molar-refractivity contribution in [2.75, 3.05) is 0 Å². The highest BCUT2D eigenvalue weighted by Gasteiger charge is 2.16. The summed E-state index contributed by atoms with van der Waals surface area (Å²) in [7, 11) is -3.74. The van der Waals surface area contributed by atoms with Gasteiger partial charge in [-0.05, 0) is 43.5 Å². The van der Waals surface area contributed by atoms with Gasteiger partial charge in [-0.2, -0.15) is 0 Å². The first-order chi connectivity index (χ1) is 8.62. The summed E-state index contributed by atoms with van der Waals surface area (Å²) in [5, 5.41) is 7.92. The van der Waals surface area contributed by atoms with E-state index in [9.17, 15) is 13.2 Å². The Morgan fingerprint density at radius 2 is 1.84 bits per heavy atom. The summed E-state index contributed by atoms with van der Waals surface area (Å²) in [5.41, 5.74) is 1.04. The predicted molar refractivity (Wildman–Crippen MR) is 74.3 cm³/mol. The molecule has 3 N–H and O–H groups in total. The van der Waals surface area contributed by atoms with Crippen molar-refractivity contribution in [3.63, 3.8) is 0 Å². The van der Waals surface area contributed by atoms with E-state index < -0.39 is 10.0 Å². The van der Waals surface area contributed by atoms with Crippen LogP contribution in [0.2, 0.25) is 0 Å². The molecule has 0 heterocycles.